The molecule has 0 spiro atoms. The molecule has 1 aliphatic heterocycles. The summed E-state index contributed by atoms with van der Waals surface area (Å²) in [5, 5.41) is 3.38. The molecule has 0 amide bonds. The summed E-state index contributed by atoms with van der Waals surface area (Å²) < 4.78 is 2.21. The smallest absolute Gasteiger partial charge is 0.193 e. The van der Waals surface area contributed by atoms with E-state index in [1.165, 1.54) is 5.56 Å². The molecule has 2 aromatic rings. The highest BCUT2D eigenvalue weighted by Crippen LogP contribution is 2.06. The maximum atomic E-state index is 4.46. The van der Waals surface area contributed by atoms with Crippen molar-refractivity contribution < 1.29 is 0 Å². The van der Waals surface area contributed by atoms with Gasteiger partial charge in [0.15, 0.2) is 5.96 Å². The Morgan fingerprint density at radius 3 is 2.86 bits per heavy atom. The average molecular weight is 283 g/mol. The average Bonchev–Trinajstić information content (AvgIpc) is 3.10. The molecule has 5 nitrogen and oxygen atoms in total. The van der Waals surface area contributed by atoms with E-state index in [0.717, 1.165) is 44.4 Å². The van der Waals surface area contributed by atoms with Gasteiger partial charge in [-0.2, -0.15) is 0 Å². The first-order chi connectivity index (χ1) is 10.3. The monoisotopic (exact) mass is 283 g/mol. The van der Waals surface area contributed by atoms with Gasteiger partial charge in [-0.05, 0) is 5.56 Å². The topological polar surface area (TPSA) is 45.4 Å². The summed E-state index contributed by atoms with van der Waals surface area (Å²) in [5.41, 5.74) is 1.30. The maximum Gasteiger partial charge on any atom is 0.193 e. The minimum Gasteiger partial charge on any atom is -0.356 e. The lowest BCUT2D eigenvalue weighted by atomic mass is 10.2. The van der Waals surface area contributed by atoms with Gasteiger partial charge in [0.25, 0.3) is 0 Å². The lowest BCUT2D eigenvalue weighted by Crippen LogP contribution is -2.36. The van der Waals surface area contributed by atoms with Crippen LogP contribution in [0, 0.1) is 0 Å². The van der Waals surface area contributed by atoms with Crippen molar-refractivity contribution in [3.05, 3.63) is 54.1 Å². The van der Waals surface area contributed by atoms with Gasteiger partial charge in [0, 0.05) is 45.5 Å². The van der Waals surface area contributed by atoms with Crippen molar-refractivity contribution in [3.63, 3.8) is 0 Å². The number of imidazole rings is 1. The molecule has 1 aromatic heterocycles. The van der Waals surface area contributed by atoms with Gasteiger partial charge in [-0.15, -0.1) is 0 Å². The normalized spacial score (nSPS) is 14.3. The number of hydrogen-bond donors (Lipinski definition) is 1. The van der Waals surface area contributed by atoms with Crippen LogP contribution in [0.25, 0.3) is 0 Å². The molecule has 0 bridgehead atoms. The van der Waals surface area contributed by atoms with Crippen LogP contribution in [0.1, 0.15) is 11.4 Å². The SMILES string of the molecule is CN1CCN=C1NCCc1nccn1Cc1ccccc1. The van der Waals surface area contributed by atoms with Crippen LogP contribution in [-0.2, 0) is 13.0 Å². The Hall–Kier alpha value is -2.30. The molecule has 1 aliphatic rings. The fourth-order valence-electron chi connectivity index (χ4n) is 2.50. The zero-order chi connectivity index (χ0) is 14.5. The number of aliphatic imine (C=N–C) groups is 1. The fraction of sp³-hybridized carbons (Fsp3) is 0.375. The highest BCUT2D eigenvalue weighted by molar-refractivity contribution is 5.81. The Morgan fingerprint density at radius 1 is 1.24 bits per heavy atom. The lowest BCUT2D eigenvalue weighted by Gasteiger charge is -2.15. The Bertz CT molecular complexity index is 602. The van der Waals surface area contributed by atoms with E-state index in [-0.39, 0.29) is 0 Å². The number of hydrogen-bond acceptors (Lipinski definition) is 4. The first kappa shape index (κ1) is 13.7. The summed E-state index contributed by atoms with van der Waals surface area (Å²) in [6.45, 7) is 3.62. The van der Waals surface area contributed by atoms with Crippen LogP contribution < -0.4 is 5.32 Å². The van der Waals surface area contributed by atoms with Crippen molar-refractivity contribution in [2.24, 2.45) is 4.99 Å². The van der Waals surface area contributed by atoms with Crippen molar-refractivity contribution in [1.29, 1.82) is 0 Å². The third kappa shape index (κ3) is 3.42. The molecule has 0 saturated carbocycles. The number of nitrogens with one attached hydrogen (secondary N) is 1. The van der Waals surface area contributed by atoms with Gasteiger partial charge in [0.2, 0.25) is 0 Å². The van der Waals surface area contributed by atoms with Crippen molar-refractivity contribution in [1.82, 2.24) is 19.8 Å². The summed E-state index contributed by atoms with van der Waals surface area (Å²) >= 11 is 0. The first-order valence-electron chi connectivity index (χ1n) is 7.36. The molecule has 0 atom stereocenters. The third-order valence-electron chi connectivity index (χ3n) is 3.69. The van der Waals surface area contributed by atoms with Gasteiger partial charge in [0.05, 0.1) is 6.54 Å². The Morgan fingerprint density at radius 2 is 2.10 bits per heavy atom. The van der Waals surface area contributed by atoms with E-state index in [2.05, 4.69) is 56.1 Å². The van der Waals surface area contributed by atoms with Crippen LogP contribution in [0.3, 0.4) is 0 Å². The van der Waals surface area contributed by atoms with Gasteiger partial charge < -0.3 is 14.8 Å². The molecule has 1 N–H and O–H groups in total. The zero-order valence-electron chi connectivity index (χ0n) is 12.4. The predicted octanol–water partition coefficient (Wildman–Crippen LogP) is 1.36. The molecule has 21 heavy (non-hydrogen) atoms. The molecule has 110 valence electrons. The van der Waals surface area contributed by atoms with Crippen LogP contribution in [-0.4, -0.2) is 47.1 Å². The summed E-state index contributed by atoms with van der Waals surface area (Å²) in [6.07, 6.45) is 4.81. The van der Waals surface area contributed by atoms with Gasteiger partial charge in [-0.3, -0.25) is 4.99 Å². The van der Waals surface area contributed by atoms with Crippen molar-refractivity contribution in [2.75, 3.05) is 26.7 Å². The summed E-state index contributed by atoms with van der Waals surface area (Å²) in [6, 6.07) is 10.5. The van der Waals surface area contributed by atoms with Gasteiger partial charge >= 0.3 is 0 Å². The zero-order valence-corrected chi connectivity index (χ0v) is 12.4. The Balaban J connectivity index is 1.56. The van der Waals surface area contributed by atoms with Gasteiger partial charge in [-0.1, -0.05) is 30.3 Å². The van der Waals surface area contributed by atoms with Crippen molar-refractivity contribution in [3.8, 4) is 0 Å². The first-order valence-corrected chi connectivity index (χ1v) is 7.36. The molecule has 0 fully saturated rings. The maximum absolute atomic E-state index is 4.46. The molecule has 5 heteroatoms. The molecule has 3 rings (SSSR count). The molecule has 0 saturated heterocycles. The molecule has 0 unspecified atom stereocenters. The molecule has 2 heterocycles. The summed E-state index contributed by atoms with van der Waals surface area (Å²) in [5.74, 6) is 2.10. The van der Waals surface area contributed by atoms with Crippen LogP contribution in [0.4, 0.5) is 0 Å². The van der Waals surface area contributed by atoms with Crippen molar-refractivity contribution >= 4 is 5.96 Å². The van der Waals surface area contributed by atoms with Crippen LogP contribution in [0.2, 0.25) is 0 Å². The second-order valence-corrected chi connectivity index (χ2v) is 5.26. The summed E-state index contributed by atoms with van der Waals surface area (Å²) in [7, 11) is 2.06. The Labute approximate surface area is 125 Å². The van der Waals surface area contributed by atoms with Crippen molar-refractivity contribution in [2.45, 2.75) is 13.0 Å². The fourth-order valence-corrected chi connectivity index (χ4v) is 2.50. The number of nitrogens with zero attached hydrogens (tertiary/aromatic N) is 4. The number of rotatable bonds is 5. The third-order valence-corrected chi connectivity index (χ3v) is 3.69. The molecule has 0 radical (unpaired) electrons. The second-order valence-electron chi connectivity index (χ2n) is 5.26. The summed E-state index contributed by atoms with van der Waals surface area (Å²) in [4.78, 5) is 11.0. The number of likely N-dealkylation sites (N-methyl/N-ethyl adjacent to an activating group) is 1. The number of aromatic nitrogens is 2. The minimum atomic E-state index is 0.856. The molecule has 1 aromatic carbocycles. The quantitative estimate of drug-likeness (QED) is 0.901. The predicted molar refractivity (Wildman–Crippen MR) is 84.4 cm³/mol. The van der Waals surface area contributed by atoms with Crippen LogP contribution >= 0.6 is 0 Å². The highest BCUT2D eigenvalue weighted by atomic mass is 15.3. The van der Waals surface area contributed by atoms with E-state index in [1.807, 2.05) is 18.5 Å². The standard InChI is InChI=1S/C16H21N5/c1-20-11-9-19-16(20)18-8-7-15-17-10-12-21(15)13-14-5-3-2-4-6-14/h2-6,10,12H,7-9,11,13H2,1H3,(H,18,19). The Kier molecular flexibility index (Phi) is 4.19. The van der Waals surface area contributed by atoms with Crippen LogP contribution in [0.15, 0.2) is 47.7 Å². The lowest BCUT2D eigenvalue weighted by molar-refractivity contribution is 0.533. The van der Waals surface area contributed by atoms with E-state index in [0.29, 0.717) is 0 Å². The minimum absolute atomic E-state index is 0.856. The highest BCUT2D eigenvalue weighted by Gasteiger charge is 2.11. The van der Waals surface area contributed by atoms with Gasteiger partial charge in [0.1, 0.15) is 5.82 Å². The molecular weight excluding hydrogens is 262 g/mol. The van der Waals surface area contributed by atoms with Crippen LogP contribution in [0.5, 0.6) is 0 Å². The van der Waals surface area contributed by atoms with E-state index in [4.69, 9.17) is 0 Å². The van der Waals surface area contributed by atoms with Gasteiger partial charge in [-0.25, -0.2) is 4.98 Å². The van der Waals surface area contributed by atoms with E-state index in [1.54, 1.807) is 0 Å². The number of guanidine groups is 1. The molecular formula is C16H21N5. The second kappa shape index (κ2) is 6.43. The van der Waals surface area contributed by atoms with E-state index >= 15 is 0 Å². The van der Waals surface area contributed by atoms with E-state index in [9.17, 15) is 0 Å². The van der Waals surface area contributed by atoms with E-state index < -0.39 is 0 Å². The number of benzene rings is 1. The molecule has 0 aliphatic carbocycles. The largest absolute Gasteiger partial charge is 0.356 e.